The Morgan fingerprint density at radius 2 is 0.931 bits per heavy atom. The van der Waals surface area contributed by atoms with Crippen LogP contribution in [0.3, 0.4) is 0 Å². The maximum Gasteiger partial charge on any atom is 0.210 e. The van der Waals surface area contributed by atoms with Crippen molar-refractivity contribution in [3.05, 3.63) is 108 Å². The van der Waals surface area contributed by atoms with Crippen molar-refractivity contribution in [1.82, 2.24) is 0 Å². The number of pyridine rings is 2. The summed E-state index contributed by atoms with van der Waals surface area (Å²) in [4.78, 5) is 0. The average Bonchev–Trinajstić information content (AvgIpc) is 2.96. The molecule has 0 unspecified atom stereocenters. The summed E-state index contributed by atoms with van der Waals surface area (Å²) in [7, 11) is 0. The minimum absolute atomic E-state index is 0.0495. The molecule has 2 heterocycles. The van der Waals surface area contributed by atoms with Gasteiger partial charge in [-0.15, -0.1) is 0 Å². The first-order chi connectivity index (χ1) is 13.9. The van der Waals surface area contributed by atoms with Gasteiger partial charge in [0.05, 0.1) is 0 Å². The van der Waals surface area contributed by atoms with Gasteiger partial charge in [0.2, 0.25) is 11.4 Å². The molecule has 2 aromatic heterocycles. The molecule has 1 aliphatic rings. The fraction of sp³-hybridized carbons (Fsp3) is 0.185. The van der Waals surface area contributed by atoms with Crippen LogP contribution >= 0.6 is 0 Å². The molecule has 0 atom stereocenters. The van der Waals surface area contributed by atoms with E-state index in [1.165, 1.54) is 44.8 Å². The van der Waals surface area contributed by atoms with E-state index in [4.69, 9.17) is 0 Å². The molecule has 0 spiro atoms. The minimum Gasteiger partial charge on any atom is -0.167 e. The Morgan fingerprint density at radius 1 is 0.552 bits per heavy atom. The van der Waals surface area contributed by atoms with Crippen LogP contribution in [0.15, 0.2) is 85.5 Å². The molecule has 1 aliphatic carbocycles. The molecule has 142 valence electrons. The first-order valence-corrected chi connectivity index (χ1v) is 10.2. The van der Waals surface area contributed by atoms with Gasteiger partial charge >= 0.3 is 0 Å². The number of rotatable bonds is 2. The van der Waals surface area contributed by atoms with E-state index in [1.807, 2.05) is 0 Å². The largest absolute Gasteiger partial charge is 0.210 e. The smallest absolute Gasteiger partial charge is 0.167 e. The van der Waals surface area contributed by atoms with E-state index in [9.17, 15) is 0 Å². The van der Waals surface area contributed by atoms with Crippen molar-refractivity contribution < 1.29 is 9.13 Å². The molecule has 0 aliphatic heterocycles. The van der Waals surface area contributed by atoms with Crippen molar-refractivity contribution in [3.63, 3.8) is 0 Å². The predicted octanol–water partition coefficient (Wildman–Crippen LogP) is 5.16. The minimum atomic E-state index is -0.0495. The second-order valence-electron chi connectivity index (χ2n) is 8.66. The fourth-order valence-electron chi connectivity index (χ4n) is 4.36. The molecule has 0 fully saturated rings. The lowest BCUT2D eigenvalue weighted by atomic mass is 9.84. The fourth-order valence-corrected chi connectivity index (χ4v) is 4.36. The molecule has 0 saturated heterocycles. The highest BCUT2D eigenvalue weighted by Crippen LogP contribution is 2.47. The molecule has 0 saturated carbocycles. The van der Waals surface area contributed by atoms with Crippen LogP contribution in [-0.2, 0) is 5.41 Å². The molecule has 0 N–H and O–H groups in total. The molecule has 0 amide bonds. The van der Waals surface area contributed by atoms with E-state index < -0.39 is 0 Å². The SMILES string of the molecule is Cc1ccc(-[n+]2ccc3c(c2)C(C)(C)c2c[n+](-c4ccc(C)cc4)ccc2-3)cc1. The van der Waals surface area contributed by atoms with Crippen LogP contribution in [0.2, 0.25) is 0 Å². The van der Waals surface area contributed by atoms with E-state index in [-0.39, 0.29) is 5.41 Å². The zero-order valence-corrected chi connectivity index (χ0v) is 17.5. The monoisotopic (exact) mass is 378 g/mol. The summed E-state index contributed by atoms with van der Waals surface area (Å²) in [6.45, 7) is 8.91. The van der Waals surface area contributed by atoms with E-state index in [2.05, 4.69) is 122 Å². The van der Waals surface area contributed by atoms with Gasteiger partial charge in [0, 0.05) is 52.9 Å². The Kier molecular flexibility index (Phi) is 3.92. The Morgan fingerprint density at radius 3 is 1.31 bits per heavy atom. The predicted molar refractivity (Wildman–Crippen MR) is 117 cm³/mol. The normalized spacial score (nSPS) is 13.8. The first kappa shape index (κ1) is 17.8. The van der Waals surface area contributed by atoms with Crippen molar-refractivity contribution >= 4 is 0 Å². The highest BCUT2D eigenvalue weighted by Gasteiger charge is 2.40. The van der Waals surface area contributed by atoms with Crippen molar-refractivity contribution in [3.8, 4) is 22.5 Å². The quantitative estimate of drug-likeness (QED) is 0.426. The van der Waals surface area contributed by atoms with Crippen molar-refractivity contribution in [2.24, 2.45) is 0 Å². The second-order valence-corrected chi connectivity index (χ2v) is 8.66. The zero-order chi connectivity index (χ0) is 20.2. The molecule has 0 bridgehead atoms. The third-order valence-electron chi connectivity index (χ3n) is 6.22. The van der Waals surface area contributed by atoms with Crippen LogP contribution < -0.4 is 9.13 Å². The Labute approximate surface area is 172 Å². The lowest BCUT2D eigenvalue weighted by Gasteiger charge is -2.18. The number of nitrogens with zero attached hydrogens (tertiary/aromatic N) is 2. The molecule has 5 rings (SSSR count). The maximum atomic E-state index is 2.33. The number of fused-ring (bicyclic) bond motifs is 3. The van der Waals surface area contributed by atoms with Gasteiger partial charge in [-0.3, -0.25) is 0 Å². The third-order valence-corrected chi connectivity index (χ3v) is 6.22. The lowest BCUT2D eigenvalue weighted by molar-refractivity contribution is -0.596. The molecule has 2 nitrogen and oxygen atoms in total. The number of hydrogen-bond acceptors (Lipinski definition) is 0. The van der Waals surface area contributed by atoms with Gasteiger partial charge in [0.15, 0.2) is 24.8 Å². The summed E-state index contributed by atoms with van der Waals surface area (Å²) < 4.78 is 4.47. The van der Waals surface area contributed by atoms with E-state index in [1.54, 1.807) is 0 Å². The lowest BCUT2D eigenvalue weighted by Crippen LogP contribution is -2.33. The summed E-state index contributed by atoms with van der Waals surface area (Å²) >= 11 is 0. The summed E-state index contributed by atoms with van der Waals surface area (Å²) in [5.74, 6) is 0. The molecule has 2 aromatic carbocycles. The summed E-state index contributed by atoms with van der Waals surface area (Å²) in [6, 6.07) is 21.9. The van der Waals surface area contributed by atoms with Crippen LogP contribution in [0.5, 0.6) is 0 Å². The van der Waals surface area contributed by atoms with Crippen LogP contribution in [0.1, 0.15) is 36.1 Å². The number of hydrogen-bond donors (Lipinski definition) is 0. The number of aromatic nitrogens is 2. The first-order valence-electron chi connectivity index (χ1n) is 10.2. The van der Waals surface area contributed by atoms with Gasteiger partial charge in [0.25, 0.3) is 0 Å². The van der Waals surface area contributed by atoms with Crippen LogP contribution in [-0.4, -0.2) is 0 Å². The van der Waals surface area contributed by atoms with Crippen LogP contribution in [0, 0.1) is 13.8 Å². The van der Waals surface area contributed by atoms with Gasteiger partial charge in [-0.05, 0) is 25.0 Å². The van der Waals surface area contributed by atoms with E-state index in [0.29, 0.717) is 0 Å². The van der Waals surface area contributed by atoms with Crippen molar-refractivity contribution in [2.75, 3.05) is 0 Å². The molecule has 4 aromatic rings. The van der Waals surface area contributed by atoms with E-state index in [0.717, 1.165) is 0 Å². The highest BCUT2D eigenvalue weighted by molar-refractivity contribution is 5.79. The Balaban J connectivity index is 1.61. The molecule has 2 heteroatoms. The molecular weight excluding hydrogens is 352 g/mol. The molecule has 0 radical (unpaired) electrons. The van der Waals surface area contributed by atoms with Crippen LogP contribution in [0.4, 0.5) is 0 Å². The molecular formula is C27H26N2+2. The number of aryl methyl sites for hydroxylation is 2. The Hall–Kier alpha value is -3.26. The van der Waals surface area contributed by atoms with Crippen molar-refractivity contribution in [2.45, 2.75) is 33.1 Å². The van der Waals surface area contributed by atoms with Gasteiger partial charge in [-0.1, -0.05) is 49.2 Å². The Bertz CT molecular complexity index is 1120. The topological polar surface area (TPSA) is 7.76 Å². The second kappa shape index (κ2) is 6.38. The van der Waals surface area contributed by atoms with Crippen molar-refractivity contribution in [1.29, 1.82) is 0 Å². The summed E-state index contributed by atoms with van der Waals surface area (Å²) in [5.41, 5.74) is 10.3. The van der Waals surface area contributed by atoms with Gasteiger partial charge in [0.1, 0.15) is 0 Å². The highest BCUT2D eigenvalue weighted by atomic mass is 15.0. The molecule has 29 heavy (non-hydrogen) atoms. The van der Waals surface area contributed by atoms with Gasteiger partial charge in [-0.25, -0.2) is 0 Å². The maximum absolute atomic E-state index is 2.33. The number of benzene rings is 2. The van der Waals surface area contributed by atoms with Crippen LogP contribution in [0.25, 0.3) is 22.5 Å². The van der Waals surface area contributed by atoms with E-state index >= 15 is 0 Å². The third kappa shape index (κ3) is 2.87. The average molecular weight is 379 g/mol. The zero-order valence-electron chi connectivity index (χ0n) is 17.5. The summed E-state index contributed by atoms with van der Waals surface area (Å²) in [5, 5.41) is 0. The standard InChI is InChI=1S/C27H26N2/c1-19-5-9-21(10-6-19)28-15-13-23-24-14-16-29(22-11-7-20(2)8-12-22)18-26(24)27(3,4)25(23)17-28/h5-18H,1-4H3/q+2. The van der Waals surface area contributed by atoms with Gasteiger partial charge in [-0.2, -0.15) is 9.13 Å². The van der Waals surface area contributed by atoms with Gasteiger partial charge < -0.3 is 0 Å². The summed E-state index contributed by atoms with van der Waals surface area (Å²) in [6.07, 6.45) is 8.96.